The van der Waals surface area contributed by atoms with Gasteiger partial charge in [0.1, 0.15) is 18.3 Å². The van der Waals surface area contributed by atoms with Crippen molar-refractivity contribution in [1.82, 2.24) is 26.2 Å². The summed E-state index contributed by atoms with van der Waals surface area (Å²) in [4.78, 5) is 41.5. The Labute approximate surface area is 320 Å². The highest BCUT2D eigenvalue weighted by molar-refractivity contribution is 5.93. The second-order valence-electron chi connectivity index (χ2n) is 16.2. The van der Waals surface area contributed by atoms with E-state index < -0.39 is 42.3 Å². The van der Waals surface area contributed by atoms with Crippen molar-refractivity contribution in [2.24, 2.45) is 35.1 Å². The Bertz CT molecular complexity index is 1000. The van der Waals surface area contributed by atoms with Crippen molar-refractivity contribution in [2.75, 3.05) is 46.4 Å². The summed E-state index contributed by atoms with van der Waals surface area (Å²) in [5.74, 6) is -1.53. The molecule has 1 fully saturated rings. The maximum atomic E-state index is 14.2. The fraction of sp³-hybridized carbons (Fsp3) is 0.923. The predicted molar refractivity (Wildman–Crippen MR) is 211 cm³/mol. The number of amides is 3. The van der Waals surface area contributed by atoms with Crippen LogP contribution in [0.2, 0.25) is 0 Å². The number of rotatable bonds is 29. The molecule has 0 bridgehead atoms. The molecule has 0 radical (unpaired) electrons. The molecule has 11 N–H and O–H groups in total. The molecule has 0 saturated heterocycles. The van der Waals surface area contributed by atoms with Crippen molar-refractivity contribution in [1.29, 1.82) is 0 Å². The van der Waals surface area contributed by atoms with Crippen molar-refractivity contribution in [2.45, 2.75) is 161 Å². The van der Waals surface area contributed by atoms with Crippen LogP contribution in [-0.4, -0.2) is 127 Å². The lowest BCUT2D eigenvalue weighted by atomic mass is 9.90. The first-order valence-corrected chi connectivity index (χ1v) is 20.5. The Morgan fingerprint density at radius 2 is 1.57 bits per heavy atom. The third-order valence-corrected chi connectivity index (χ3v) is 10.6. The van der Waals surface area contributed by atoms with Crippen LogP contribution in [0.15, 0.2) is 0 Å². The Morgan fingerprint density at radius 1 is 0.906 bits per heavy atom. The number of hydrogen-bond acceptors (Lipinski definition) is 11. The summed E-state index contributed by atoms with van der Waals surface area (Å²) in [5, 5.41) is 42.9. The molecule has 14 heteroatoms. The third kappa shape index (κ3) is 19.5. The zero-order valence-electron chi connectivity index (χ0n) is 34.2. The van der Waals surface area contributed by atoms with Gasteiger partial charge in [0, 0.05) is 25.0 Å². The van der Waals surface area contributed by atoms with Crippen LogP contribution in [0, 0.1) is 23.7 Å². The second-order valence-corrected chi connectivity index (χ2v) is 16.2. The van der Waals surface area contributed by atoms with Crippen LogP contribution in [-0.2, 0) is 19.1 Å². The summed E-state index contributed by atoms with van der Waals surface area (Å²) in [6.45, 7) is 14.2. The van der Waals surface area contributed by atoms with E-state index in [0.717, 1.165) is 77.2 Å². The Kier molecular flexibility index (Phi) is 25.6. The smallest absolute Gasteiger partial charge is 0.243 e. The molecule has 0 heterocycles. The van der Waals surface area contributed by atoms with E-state index in [-0.39, 0.29) is 49.0 Å². The monoisotopic (exact) mass is 758 g/mol. The highest BCUT2D eigenvalue weighted by atomic mass is 16.5. The van der Waals surface area contributed by atoms with Crippen LogP contribution in [0.1, 0.15) is 119 Å². The summed E-state index contributed by atoms with van der Waals surface area (Å²) in [6.07, 6.45) is 9.10. The maximum absolute atomic E-state index is 14.2. The number of nitrogens with one attached hydrogen (secondary N) is 4. The maximum Gasteiger partial charge on any atom is 0.243 e. The molecule has 1 aliphatic rings. The lowest BCUT2D eigenvalue weighted by Gasteiger charge is -2.39. The molecule has 53 heavy (non-hydrogen) atoms. The lowest BCUT2D eigenvalue weighted by Crippen LogP contribution is -2.60. The minimum absolute atomic E-state index is 0.0562. The van der Waals surface area contributed by atoms with E-state index in [4.69, 9.17) is 21.3 Å². The number of nitrogens with zero attached hydrogens (tertiary/aromatic N) is 1. The number of ether oxygens (including phenoxy) is 1. The van der Waals surface area contributed by atoms with Crippen molar-refractivity contribution >= 4 is 17.7 Å². The number of primary amides is 1. The minimum atomic E-state index is -1.03. The molecule has 14 nitrogen and oxygen atoms in total. The molecule has 0 aromatic heterocycles. The quantitative estimate of drug-likeness (QED) is 0.0303. The van der Waals surface area contributed by atoms with Gasteiger partial charge in [-0.05, 0) is 70.5 Å². The standard InChI is InChI=1S/C39H79N7O7/c1-8-9-10-15-18-34(53-25-28(5)43-22-27(4)21-42-23-31(48)24-47)29(6)39(52)46(7)33(19-26(2)3)37(50)45-35(30-16-13-11-12-14-17-30)38(51)44-32(20-40)36(41)49/h26-35,39,42-43,47-48,52H,8-25,40H2,1-7H3,(H2,41,49)(H,44,51)(H,45,50)/t27-,28+,29+,31-,32-,33-,34+,35-,39?/m0/s1. The number of hydrogen-bond donors (Lipinski definition) is 9. The average Bonchev–Trinajstić information content (AvgIpc) is 3.42. The van der Waals surface area contributed by atoms with E-state index in [1.54, 1.807) is 11.9 Å². The summed E-state index contributed by atoms with van der Waals surface area (Å²) in [7, 11) is 1.76. The molecule has 1 aliphatic carbocycles. The van der Waals surface area contributed by atoms with Gasteiger partial charge in [-0.15, -0.1) is 0 Å². The van der Waals surface area contributed by atoms with Crippen LogP contribution in [0.3, 0.4) is 0 Å². The van der Waals surface area contributed by atoms with Gasteiger partial charge in [-0.3, -0.25) is 19.3 Å². The molecule has 3 amide bonds. The van der Waals surface area contributed by atoms with Crippen molar-refractivity contribution in [3.8, 4) is 0 Å². The van der Waals surface area contributed by atoms with Gasteiger partial charge in [-0.1, -0.05) is 86.0 Å². The minimum Gasteiger partial charge on any atom is -0.394 e. The van der Waals surface area contributed by atoms with Crippen LogP contribution in [0.4, 0.5) is 0 Å². The molecular formula is C39H79N7O7. The van der Waals surface area contributed by atoms with Gasteiger partial charge in [0.05, 0.1) is 31.5 Å². The van der Waals surface area contributed by atoms with Gasteiger partial charge in [0.15, 0.2) is 0 Å². The summed E-state index contributed by atoms with van der Waals surface area (Å²) in [5.41, 5.74) is 11.2. The number of carbonyl (C=O) groups is 3. The van der Waals surface area contributed by atoms with Crippen molar-refractivity contribution < 1.29 is 34.4 Å². The van der Waals surface area contributed by atoms with Gasteiger partial charge in [0.25, 0.3) is 0 Å². The largest absolute Gasteiger partial charge is 0.394 e. The third-order valence-electron chi connectivity index (χ3n) is 10.6. The molecule has 1 rings (SSSR count). The summed E-state index contributed by atoms with van der Waals surface area (Å²) in [6, 6.07) is -2.55. The summed E-state index contributed by atoms with van der Waals surface area (Å²) >= 11 is 0. The number of unbranched alkanes of at least 4 members (excludes halogenated alkanes) is 3. The highest BCUT2D eigenvalue weighted by Gasteiger charge is 2.38. The van der Waals surface area contributed by atoms with Crippen LogP contribution in [0.5, 0.6) is 0 Å². The first-order valence-electron chi connectivity index (χ1n) is 20.5. The molecule has 0 spiro atoms. The first kappa shape index (κ1) is 49.1. The van der Waals surface area contributed by atoms with Gasteiger partial charge < -0.3 is 52.8 Å². The van der Waals surface area contributed by atoms with Crippen LogP contribution >= 0.6 is 0 Å². The normalized spacial score (nSPS) is 19.4. The summed E-state index contributed by atoms with van der Waals surface area (Å²) < 4.78 is 6.52. The van der Waals surface area contributed by atoms with Crippen LogP contribution in [0.25, 0.3) is 0 Å². The van der Waals surface area contributed by atoms with E-state index in [9.17, 15) is 24.6 Å². The van der Waals surface area contributed by atoms with Gasteiger partial charge in [-0.2, -0.15) is 0 Å². The number of aliphatic hydroxyl groups is 3. The second kappa shape index (κ2) is 27.6. The van der Waals surface area contributed by atoms with Gasteiger partial charge in [0.2, 0.25) is 17.7 Å². The lowest BCUT2D eigenvalue weighted by molar-refractivity contribution is -0.142. The molecule has 0 aliphatic heterocycles. The van der Waals surface area contributed by atoms with E-state index >= 15 is 0 Å². The fourth-order valence-electron chi connectivity index (χ4n) is 7.08. The van der Waals surface area contributed by atoms with E-state index in [1.807, 2.05) is 20.8 Å². The molecular weight excluding hydrogens is 678 g/mol. The topological polar surface area (TPSA) is 225 Å². The first-order chi connectivity index (χ1) is 25.2. The van der Waals surface area contributed by atoms with E-state index in [0.29, 0.717) is 32.0 Å². The zero-order valence-corrected chi connectivity index (χ0v) is 34.2. The molecule has 312 valence electrons. The van der Waals surface area contributed by atoms with E-state index in [2.05, 4.69) is 42.0 Å². The highest BCUT2D eigenvalue weighted by Crippen LogP contribution is 2.28. The van der Waals surface area contributed by atoms with Crippen molar-refractivity contribution in [3.05, 3.63) is 0 Å². The van der Waals surface area contributed by atoms with E-state index in [1.165, 1.54) is 0 Å². The molecule has 9 atom stereocenters. The Morgan fingerprint density at radius 3 is 2.13 bits per heavy atom. The number of carbonyl (C=O) groups excluding carboxylic acids is 3. The van der Waals surface area contributed by atoms with Crippen molar-refractivity contribution in [3.63, 3.8) is 0 Å². The molecule has 1 unspecified atom stereocenters. The van der Waals surface area contributed by atoms with Gasteiger partial charge in [-0.25, -0.2) is 0 Å². The molecule has 0 aromatic rings. The number of likely N-dealkylation sites (N-methyl/N-ethyl adjacent to an activating group) is 1. The van der Waals surface area contributed by atoms with Gasteiger partial charge >= 0.3 is 0 Å². The Balaban J connectivity index is 3.11. The zero-order chi connectivity index (χ0) is 39.9. The SMILES string of the molecule is CCCCCC[C@@H](OC[C@@H](C)NC[C@@H](C)CNC[C@H](O)CO)[C@@H](C)C(O)N(C)[C@@H](CC(C)C)C(=O)N[C@H](C(=O)N[C@@H](CN)C(N)=O)C1CCCCCC1. The predicted octanol–water partition coefficient (Wildman–Crippen LogP) is 1.58. The number of aliphatic hydroxyl groups excluding tert-OH is 3. The number of nitrogens with two attached hydrogens (primary N) is 2. The average molecular weight is 758 g/mol. The molecule has 1 saturated carbocycles. The fourth-order valence-corrected chi connectivity index (χ4v) is 7.08. The Hall–Kier alpha value is -1.91. The van der Waals surface area contributed by atoms with Crippen LogP contribution < -0.4 is 32.7 Å². The molecule has 0 aromatic carbocycles.